The molecule has 6 heteroatoms. The van der Waals surface area contributed by atoms with E-state index in [1.54, 1.807) is 17.2 Å². The van der Waals surface area contributed by atoms with Crippen LogP contribution in [0.2, 0.25) is 0 Å². The summed E-state index contributed by atoms with van der Waals surface area (Å²) in [6, 6.07) is 14.1. The second kappa shape index (κ2) is 7.99. The van der Waals surface area contributed by atoms with Crippen LogP contribution in [0.25, 0.3) is 17.0 Å². The van der Waals surface area contributed by atoms with Gasteiger partial charge in [-0.2, -0.15) is 0 Å². The van der Waals surface area contributed by atoms with Gasteiger partial charge in [0.15, 0.2) is 0 Å². The van der Waals surface area contributed by atoms with Gasteiger partial charge in [-0.1, -0.05) is 36.4 Å². The first-order valence-corrected chi connectivity index (χ1v) is 9.67. The van der Waals surface area contributed by atoms with Gasteiger partial charge in [0.1, 0.15) is 12.2 Å². The van der Waals surface area contributed by atoms with E-state index < -0.39 is 17.6 Å². The standard InChI is InChI=1S/C24H21NO5/c1-15-7-8-20-18(12-24(28)30-22(20)11-15)14-29-23(27)13-21-19-6-4-3-5-17(19)9-10-25(21)16(2)26/h3-12,21H,13-14H2,1-2H3. The zero-order valence-electron chi connectivity index (χ0n) is 16.8. The molecule has 0 fully saturated rings. The van der Waals surface area contributed by atoms with E-state index in [1.807, 2.05) is 49.4 Å². The van der Waals surface area contributed by atoms with Crippen LogP contribution in [-0.4, -0.2) is 16.8 Å². The fraction of sp³-hybridized carbons (Fsp3) is 0.208. The highest BCUT2D eigenvalue weighted by Gasteiger charge is 2.28. The summed E-state index contributed by atoms with van der Waals surface area (Å²) in [5.74, 6) is -0.606. The number of benzene rings is 2. The Morgan fingerprint density at radius 2 is 1.93 bits per heavy atom. The number of amides is 1. The van der Waals surface area contributed by atoms with E-state index in [1.165, 1.54) is 13.0 Å². The molecule has 0 spiro atoms. The van der Waals surface area contributed by atoms with E-state index in [2.05, 4.69) is 0 Å². The van der Waals surface area contributed by atoms with Gasteiger partial charge in [-0.3, -0.25) is 9.59 Å². The smallest absolute Gasteiger partial charge is 0.336 e. The summed E-state index contributed by atoms with van der Waals surface area (Å²) in [6.07, 6.45) is 3.57. The lowest BCUT2D eigenvalue weighted by atomic mass is 9.94. The van der Waals surface area contributed by atoms with E-state index in [0.29, 0.717) is 11.1 Å². The van der Waals surface area contributed by atoms with E-state index in [9.17, 15) is 14.4 Å². The van der Waals surface area contributed by atoms with Gasteiger partial charge in [0.05, 0.1) is 12.5 Å². The van der Waals surface area contributed by atoms with E-state index in [0.717, 1.165) is 22.1 Å². The highest BCUT2D eigenvalue weighted by atomic mass is 16.5. The Balaban J connectivity index is 1.54. The van der Waals surface area contributed by atoms with Crippen molar-refractivity contribution >= 4 is 28.9 Å². The fourth-order valence-corrected chi connectivity index (χ4v) is 3.74. The number of aryl methyl sites for hydroxylation is 1. The van der Waals surface area contributed by atoms with Crippen LogP contribution in [-0.2, 0) is 20.9 Å². The second-order valence-corrected chi connectivity index (χ2v) is 7.34. The number of carbonyl (C=O) groups excluding carboxylic acids is 2. The fourth-order valence-electron chi connectivity index (χ4n) is 3.74. The van der Waals surface area contributed by atoms with Gasteiger partial charge in [-0.15, -0.1) is 0 Å². The Kier molecular flexibility index (Phi) is 5.23. The summed E-state index contributed by atoms with van der Waals surface area (Å²) >= 11 is 0. The van der Waals surface area contributed by atoms with Crippen LogP contribution >= 0.6 is 0 Å². The van der Waals surface area contributed by atoms with E-state index >= 15 is 0 Å². The molecule has 30 heavy (non-hydrogen) atoms. The maximum Gasteiger partial charge on any atom is 0.336 e. The normalized spacial score (nSPS) is 15.1. The number of esters is 1. The summed E-state index contributed by atoms with van der Waals surface area (Å²) in [6.45, 7) is 3.33. The molecule has 2 aromatic carbocycles. The van der Waals surface area contributed by atoms with Crippen molar-refractivity contribution in [3.05, 3.63) is 87.4 Å². The first-order valence-electron chi connectivity index (χ1n) is 9.67. The number of hydrogen-bond donors (Lipinski definition) is 0. The molecule has 6 nitrogen and oxygen atoms in total. The molecule has 152 valence electrons. The van der Waals surface area contributed by atoms with Crippen molar-refractivity contribution in [1.82, 2.24) is 4.90 Å². The molecule has 2 heterocycles. The molecule has 1 unspecified atom stereocenters. The molecular formula is C24H21NO5. The van der Waals surface area contributed by atoms with Crippen LogP contribution in [0.1, 0.15) is 41.6 Å². The summed E-state index contributed by atoms with van der Waals surface area (Å²) in [5.41, 5.74) is 3.38. The summed E-state index contributed by atoms with van der Waals surface area (Å²) in [7, 11) is 0. The highest BCUT2D eigenvalue weighted by Crippen LogP contribution is 2.33. The Hall–Kier alpha value is -3.67. The van der Waals surface area contributed by atoms with E-state index in [4.69, 9.17) is 9.15 Å². The van der Waals surface area contributed by atoms with Crippen LogP contribution in [0.3, 0.4) is 0 Å². The Bertz CT molecular complexity index is 1220. The van der Waals surface area contributed by atoms with Crippen LogP contribution < -0.4 is 5.63 Å². The van der Waals surface area contributed by atoms with E-state index in [-0.39, 0.29) is 18.9 Å². The molecule has 1 aliphatic rings. The number of ether oxygens (including phenoxy) is 1. The molecule has 0 aliphatic carbocycles. The molecule has 4 rings (SSSR count). The summed E-state index contributed by atoms with van der Waals surface area (Å²) in [5, 5.41) is 0.726. The molecule has 0 saturated carbocycles. The van der Waals surface area contributed by atoms with Crippen molar-refractivity contribution in [2.75, 3.05) is 0 Å². The van der Waals surface area contributed by atoms with Crippen molar-refractivity contribution < 1.29 is 18.7 Å². The number of nitrogens with zero attached hydrogens (tertiary/aromatic N) is 1. The van der Waals surface area contributed by atoms with Crippen molar-refractivity contribution in [3.8, 4) is 0 Å². The molecular weight excluding hydrogens is 382 g/mol. The second-order valence-electron chi connectivity index (χ2n) is 7.34. The number of hydrogen-bond acceptors (Lipinski definition) is 5. The molecule has 0 bridgehead atoms. The molecule has 1 aliphatic heterocycles. The zero-order chi connectivity index (χ0) is 21.3. The zero-order valence-corrected chi connectivity index (χ0v) is 16.8. The lowest BCUT2D eigenvalue weighted by Gasteiger charge is -2.32. The van der Waals surface area contributed by atoms with Crippen molar-refractivity contribution in [1.29, 1.82) is 0 Å². The molecule has 1 atom stereocenters. The topological polar surface area (TPSA) is 76.8 Å². The van der Waals surface area contributed by atoms with Crippen molar-refractivity contribution in [2.45, 2.75) is 32.9 Å². The largest absolute Gasteiger partial charge is 0.461 e. The minimum atomic E-state index is -0.492. The average molecular weight is 403 g/mol. The Morgan fingerprint density at radius 3 is 2.73 bits per heavy atom. The van der Waals surface area contributed by atoms with Crippen molar-refractivity contribution in [2.24, 2.45) is 0 Å². The average Bonchev–Trinajstić information content (AvgIpc) is 2.71. The van der Waals surface area contributed by atoms with Gasteiger partial charge in [0.2, 0.25) is 5.91 Å². The van der Waals surface area contributed by atoms with Gasteiger partial charge in [-0.25, -0.2) is 4.79 Å². The molecule has 0 N–H and O–H groups in total. The van der Waals surface area contributed by atoms with Gasteiger partial charge >= 0.3 is 11.6 Å². The molecule has 0 saturated heterocycles. The highest BCUT2D eigenvalue weighted by molar-refractivity contribution is 5.82. The van der Waals surface area contributed by atoms with Crippen LogP contribution in [0, 0.1) is 6.92 Å². The van der Waals surface area contributed by atoms with Crippen LogP contribution in [0.4, 0.5) is 0 Å². The third-order valence-electron chi connectivity index (χ3n) is 5.20. The SMILES string of the molecule is CC(=O)N1C=Cc2ccccc2C1CC(=O)OCc1cc(=O)oc2cc(C)ccc12. The number of fused-ring (bicyclic) bond motifs is 2. The number of carbonyl (C=O) groups is 2. The molecule has 1 aromatic heterocycles. The molecule has 3 aromatic rings. The third-order valence-corrected chi connectivity index (χ3v) is 5.20. The predicted molar refractivity (Wildman–Crippen MR) is 112 cm³/mol. The van der Waals surface area contributed by atoms with Crippen LogP contribution in [0.15, 0.2) is 63.9 Å². The third kappa shape index (κ3) is 3.89. The molecule has 1 amide bonds. The van der Waals surface area contributed by atoms with Crippen molar-refractivity contribution in [3.63, 3.8) is 0 Å². The predicted octanol–water partition coefficient (Wildman–Crippen LogP) is 4.11. The molecule has 0 radical (unpaired) electrons. The van der Waals surface area contributed by atoms with Gasteiger partial charge < -0.3 is 14.1 Å². The first-order chi connectivity index (χ1) is 14.4. The lowest BCUT2D eigenvalue weighted by Crippen LogP contribution is -2.32. The monoisotopic (exact) mass is 403 g/mol. The summed E-state index contributed by atoms with van der Waals surface area (Å²) < 4.78 is 10.7. The van der Waals surface area contributed by atoms with Gasteiger partial charge in [0, 0.05) is 30.1 Å². The maximum atomic E-state index is 12.7. The van der Waals surface area contributed by atoms with Gasteiger partial charge in [0.25, 0.3) is 0 Å². The van der Waals surface area contributed by atoms with Gasteiger partial charge in [-0.05, 0) is 35.8 Å². The lowest BCUT2D eigenvalue weighted by molar-refractivity contribution is -0.146. The maximum absolute atomic E-state index is 12.7. The minimum Gasteiger partial charge on any atom is -0.461 e. The minimum absolute atomic E-state index is 0.0133. The van der Waals surface area contributed by atoms with Crippen LogP contribution in [0.5, 0.6) is 0 Å². The Labute approximate surface area is 173 Å². The first kappa shape index (κ1) is 19.6. The Morgan fingerprint density at radius 1 is 1.13 bits per heavy atom. The quantitative estimate of drug-likeness (QED) is 0.484. The summed E-state index contributed by atoms with van der Waals surface area (Å²) in [4.78, 5) is 38.1. The number of rotatable bonds is 4.